The molecular weight excluding hydrogens is 309 g/mol. The summed E-state index contributed by atoms with van der Waals surface area (Å²) in [6.07, 6.45) is -2.53. The van der Waals surface area contributed by atoms with Gasteiger partial charge in [-0.05, 0) is 38.3 Å². The third kappa shape index (κ3) is 2.54. The van der Waals surface area contributed by atoms with Crippen LogP contribution in [0.1, 0.15) is 36.2 Å². The first-order valence-corrected chi connectivity index (χ1v) is 7.31. The number of nitrogens with zero attached hydrogens (tertiary/aromatic N) is 1. The predicted octanol–water partition coefficient (Wildman–Crippen LogP) is 3.70. The van der Waals surface area contributed by atoms with Gasteiger partial charge < -0.3 is 10.5 Å². The summed E-state index contributed by atoms with van der Waals surface area (Å²) >= 11 is 0. The van der Waals surface area contributed by atoms with E-state index in [0.29, 0.717) is 12.8 Å². The van der Waals surface area contributed by atoms with E-state index in [9.17, 15) is 23.1 Å². The molecule has 23 heavy (non-hydrogen) atoms. The molecule has 0 saturated heterocycles. The van der Waals surface area contributed by atoms with E-state index < -0.39 is 17.6 Å². The second-order valence-corrected chi connectivity index (χ2v) is 6.04. The number of hydrogen-bond donors (Lipinski definition) is 2. The highest BCUT2D eigenvalue weighted by atomic mass is 19.4. The molecule has 7 heteroatoms. The van der Waals surface area contributed by atoms with Crippen molar-refractivity contribution < 1.29 is 23.1 Å². The van der Waals surface area contributed by atoms with Crippen LogP contribution in [0.3, 0.4) is 0 Å². The number of aromatic nitrogens is 1. The SMILES string of the molecule is Cc1nc(C(F)(F)F)ccc1/C(O)=C1/C(=N)C2CCC(C2)C1=O. The molecule has 3 rings (SSSR count). The number of allylic oxidation sites excluding steroid dienone is 1. The van der Waals surface area contributed by atoms with Gasteiger partial charge >= 0.3 is 6.18 Å². The van der Waals surface area contributed by atoms with Crippen LogP contribution in [0.15, 0.2) is 17.7 Å². The van der Waals surface area contributed by atoms with Crippen LogP contribution in [0.4, 0.5) is 13.2 Å². The van der Waals surface area contributed by atoms with Gasteiger partial charge in [0.15, 0.2) is 5.78 Å². The number of fused-ring (bicyclic) bond motifs is 2. The first-order valence-electron chi connectivity index (χ1n) is 7.31. The van der Waals surface area contributed by atoms with Gasteiger partial charge in [0.1, 0.15) is 11.5 Å². The van der Waals surface area contributed by atoms with E-state index >= 15 is 0 Å². The first kappa shape index (κ1) is 15.7. The number of aliphatic hydroxyl groups excluding tert-OH is 1. The highest BCUT2D eigenvalue weighted by Crippen LogP contribution is 2.42. The molecule has 2 atom stereocenters. The fourth-order valence-corrected chi connectivity index (χ4v) is 3.37. The summed E-state index contributed by atoms with van der Waals surface area (Å²) in [5.74, 6) is -0.984. The third-order valence-corrected chi connectivity index (χ3v) is 4.60. The Morgan fingerprint density at radius 1 is 1.30 bits per heavy atom. The molecule has 2 unspecified atom stereocenters. The molecule has 2 aliphatic rings. The Morgan fingerprint density at radius 3 is 2.57 bits per heavy atom. The third-order valence-electron chi connectivity index (χ3n) is 4.60. The number of hydrogen-bond acceptors (Lipinski definition) is 4. The number of Topliss-reactive ketones (excluding diaryl/α,β-unsaturated/α-hetero) is 1. The number of halogens is 3. The van der Waals surface area contributed by atoms with Gasteiger partial charge in [-0.25, -0.2) is 4.98 Å². The van der Waals surface area contributed by atoms with Crippen LogP contribution in [0.2, 0.25) is 0 Å². The van der Waals surface area contributed by atoms with Gasteiger partial charge in [-0.2, -0.15) is 13.2 Å². The summed E-state index contributed by atoms with van der Waals surface area (Å²) in [4.78, 5) is 15.8. The average Bonchev–Trinajstić information content (AvgIpc) is 2.91. The fraction of sp³-hybridized carbons (Fsp3) is 0.438. The zero-order valence-electron chi connectivity index (χ0n) is 12.4. The highest BCUT2D eigenvalue weighted by Gasteiger charge is 2.43. The molecule has 1 heterocycles. The molecule has 1 aromatic rings. The van der Waals surface area contributed by atoms with E-state index in [4.69, 9.17) is 5.41 Å². The van der Waals surface area contributed by atoms with Crippen LogP contribution in [0.5, 0.6) is 0 Å². The van der Waals surface area contributed by atoms with Crippen molar-refractivity contribution in [3.8, 4) is 0 Å². The maximum Gasteiger partial charge on any atom is 0.433 e. The standard InChI is InChI=1S/C16H15F3N2O2/c1-7-10(4-5-11(21-7)16(17,18)19)15(23)12-13(20)8-2-3-9(6-8)14(12)22/h4-5,8-9,20,23H,2-3,6H2,1H3/b15-12+,20-13?. The van der Waals surface area contributed by atoms with Crippen LogP contribution in [0.25, 0.3) is 5.76 Å². The lowest BCUT2D eigenvalue weighted by molar-refractivity contribution is -0.141. The normalized spacial score (nSPS) is 26.6. The predicted molar refractivity (Wildman–Crippen MR) is 77.1 cm³/mol. The van der Waals surface area contributed by atoms with Gasteiger partial charge in [0, 0.05) is 28.8 Å². The number of carbonyl (C=O) groups is 1. The maximum absolute atomic E-state index is 12.7. The molecule has 0 spiro atoms. The lowest BCUT2D eigenvalue weighted by Gasteiger charge is -2.23. The number of pyridine rings is 1. The molecule has 4 nitrogen and oxygen atoms in total. The van der Waals surface area contributed by atoms with Crippen molar-refractivity contribution in [1.29, 1.82) is 5.41 Å². The van der Waals surface area contributed by atoms with E-state index in [1.165, 1.54) is 6.92 Å². The number of alkyl halides is 3. The van der Waals surface area contributed by atoms with Gasteiger partial charge in [0.05, 0.1) is 5.57 Å². The van der Waals surface area contributed by atoms with Gasteiger partial charge in [-0.3, -0.25) is 4.79 Å². The summed E-state index contributed by atoms with van der Waals surface area (Å²) in [5.41, 5.74) is -0.994. The maximum atomic E-state index is 12.7. The molecule has 122 valence electrons. The van der Waals surface area contributed by atoms with E-state index in [2.05, 4.69) is 4.98 Å². The van der Waals surface area contributed by atoms with E-state index in [-0.39, 0.29) is 40.2 Å². The van der Waals surface area contributed by atoms with E-state index in [0.717, 1.165) is 18.6 Å². The number of aryl methyl sites for hydroxylation is 1. The Labute approximate surface area is 130 Å². The molecule has 2 N–H and O–H groups in total. The summed E-state index contributed by atoms with van der Waals surface area (Å²) in [6.45, 7) is 1.34. The molecule has 0 aromatic carbocycles. The van der Waals surface area contributed by atoms with Gasteiger partial charge in [0.25, 0.3) is 0 Å². The lowest BCUT2D eigenvalue weighted by Crippen LogP contribution is -2.29. The monoisotopic (exact) mass is 324 g/mol. The van der Waals surface area contributed by atoms with Gasteiger partial charge in [0.2, 0.25) is 0 Å². The molecule has 2 saturated carbocycles. The Morgan fingerprint density at radius 2 is 1.96 bits per heavy atom. The van der Waals surface area contributed by atoms with Gasteiger partial charge in [-0.1, -0.05) is 0 Å². The molecule has 0 amide bonds. The number of rotatable bonds is 1. The van der Waals surface area contributed by atoms with Crippen molar-refractivity contribution in [2.45, 2.75) is 32.4 Å². The fourth-order valence-electron chi connectivity index (χ4n) is 3.37. The Balaban J connectivity index is 2.07. The van der Waals surface area contributed by atoms with Crippen LogP contribution >= 0.6 is 0 Å². The zero-order chi connectivity index (χ0) is 16.9. The minimum Gasteiger partial charge on any atom is -0.506 e. The van der Waals surface area contributed by atoms with Gasteiger partial charge in [-0.15, -0.1) is 0 Å². The molecule has 2 aliphatic carbocycles. The highest BCUT2D eigenvalue weighted by molar-refractivity contribution is 6.28. The second kappa shape index (κ2) is 5.18. The number of aliphatic hydroxyl groups is 1. The van der Waals surface area contributed by atoms with E-state index in [1.807, 2.05) is 0 Å². The van der Waals surface area contributed by atoms with Crippen molar-refractivity contribution >= 4 is 17.3 Å². The zero-order valence-corrected chi connectivity index (χ0v) is 12.4. The van der Waals surface area contributed by atoms with Crippen LogP contribution in [0, 0.1) is 24.2 Å². The van der Waals surface area contributed by atoms with Crippen molar-refractivity contribution in [3.63, 3.8) is 0 Å². The minimum atomic E-state index is -4.57. The van der Waals surface area contributed by atoms with Crippen LogP contribution < -0.4 is 0 Å². The Kier molecular flexibility index (Phi) is 3.54. The molecular formula is C16H15F3N2O2. The van der Waals surface area contributed by atoms with Crippen molar-refractivity contribution in [3.05, 3.63) is 34.7 Å². The van der Waals surface area contributed by atoms with Crippen molar-refractivity contribution in [2.24, 2.45) is 11.8 Å². The summed E-state index contributed by atoms with van der Waals surface area (Å²) in [6, 6.07) is 1.87. The smallest absolute Gasteiger partial charge is 0.433 e. The average molecular weight is 324 g/mol. The molecule has 0 radical (unpaired) electrons. The summed E-state index contributed by atoms with van der Waals surface area (Å²) in [7, 11) is 0. The number of nitrogens with one attached hydrogen (secondary N) is 1. The minimum absolute atomic E-state index is 0.0247. The largest absolute Gasteiger partial charge is 0.506 e. The lowest BCUT2D eigenvalue weighted by atomic mass is 9.81. The van der Waals surface area contributed by atoms with Crippen molar-refractivity contribution in [2.75, 3.05) is 0 Å². The first-order chi connectivity index (χ1) is 10.7. The Hall–Kier alpha value is -2.18. The van der Waals surface area contributed by atoms with Crippen LogP contribution in [-0.4, -0.2) is 21.6 Å². The number of ketones is 1. The molecule has 1 aromatic heterocycles. The van der Waals surface area contributed by atoms with Crippen molar-refractivity contribution in [1.82, 2.24) is 4.98 Å². The molecule has 2 bridgehead atoms. The topological polar surface area (TPSA) is 74.0 Å². The summed E-state index contributed by atoms with van der Waals surface area (Å²) in [5, 5.41) is 18.5. The van der Waals surface area contributed by atoms with E-state index in [1.54, 1.807) is 0 Å². The molecule has 2 fully saturated rings. The second-order valence-electron chi connectivity index (χ2n) is 6.04. The number of carbonyl (C=O) groups excluding carboxylic acids is 1. The summed E-state index contributed by atoms with van der Waals surface area (Å²) < 4.78 is 38.0. The quantitative estimate of drug-likeness (QED) is 0.611. The van der Waals surface area contributed by atoms with Crippen LogP contribution in [-0.2, 0) is 11.0 Å². The molecule has 0 aliphatic heterocycles. The Bertz CT molecular complexity index is 713.